The third kappa shape index (κ3) is 1.93. The number of fused-ring (bicyclic) bond motifs is 1. The fraction of sp³-hybridized carbons (Fsp3) is 0.538. The number of halogens is 1. The lowest BCUT2D eigenvalue weighted by atomic mass is 9.88. The van der Waals surface area contributed by atoms with Crippen LogP contribution in [0.2, 0.25) is 0 Å². The standard InChI is InChI=1S/C13H16BrNO2/c1-8-10(14)5-11-13(17-7-16-11)12(8)9-3-2-4-15-6-9/h5,9,15H,2-4,6-7H2,1H3. The van der Waals surface area contributed by atoms with Crippen molar-refractivity contribution in [2.24, 2.45) is 0 Å². The van der Waals surface area contributed by atoms with Gasteiger partial charge in [0, 0.05) is 22.5 Å². The Morgan fingerprint density at radius 2 is 2.29 bits per heavy atom. The minimum atomic E-state index is 0.346. The number of rotatable bonds is 1. The Kier molecular flexibility index (Phi) is 3.01. The molecule has 2 heterocycles. The normalized spacial score (nSPS) is 22.8. The van der Waals surface area contributed by atoms with E-state index in [1.165, 1.54) is 24.0 Å². The maximum absolute atomic E-state index is 5.65. The van der Waals surface area contributed by atoms with Crippen molar-refractivity contribution in [2.75, 3.05) is 19.9 Å². The predicted molar refractivity (Wildman–Crippen MR) is 69.8 cm³/mol. The predicted octanol–water partition coefficient (Wildman–Crippen LogP) is 2.95. The van der Waals surface area contributed by atoms with Crippen LogP contribution in [-0.4, -0.2) is 19.9 Å². The number of hydrogen-bond donors (Lipinski definition) is 1. The van der Waals surface area contributed by atoms with Crippen molar-refractivity contribution in [3.63, 3.8) is 0 Å². The summed E-state index contributed by atoms with van der Waals surface area (Å²) in [4.78, 5) is 0. The minimum absolute atomic E-state index is 0.346. The Bertz CT molecular complexity index is 442. The molecule has 1 atom stereocenters. The number of hydrogen-bond acceptors (Lipinski definition) is 3. The van der Waals surface area contributed by atoms with Crippen molar-refractivity contribution in [3.05, 3.63) is 21.7 Å². The van der Waals surface area contributed by atoms with Crippen molar-refractivity contribution in [1.29, 1.82) is 0 Å². The van der Waals surface area contributed by atoms with E-state index in [1.54, 1.807) is 0 Å². The summed E-state index contributed by atoms with van der Waals surface area (Å²) >= 11 is 3.61. The molecule has 3 nitrogen and oxygen atoms in total. The molecule has 0 aliphatic carbocycles. The highest BCUT2D eigenvalue weighted by Gasteiger charge is 2.28. The smallest absolute Gasteiger partial charge is 0.231 e. The summed E-state index contributed by atoms with van der Waals surface area (Å²) in [5.74, 6) is 2.37. The third-order valence-corrected chi connectivity index (χ3v) is 4.43. The molecule has 2 aliphatic heterocycles. The number of benzene rings is 1. The maximum atomic E-state index is 5.65. The second kappa shape index (κ2) is 4.50. The monoisotopic (exact) mass is 297 g/mol. The second-order valence-electron chi connectivity index (χ2n) is 4.67. The van der Waals surface area contributed by atoms with Gasteiger partial charge in [0.15, 0.2) is 11.5 Å². The van der Waals surface area contributed by atoms with Gasteiger partial charge >= 0.3 is 0 Å². The van der Waals surface area contributed by atoms with Gasteiger partial charge in [-0.2, -0.15) is 0 Å². The Morgan fingerprint density at radius 3 is 3.06 bits per heavy atom. The van der Waals surface area contributed by atoms with Crippen molar-refractivity contribution < 1.29 is 9.47 Å². The first-order valence-corrected chi connectivity index (χ1v) is 6.86. The van der Waals surface area contributed by atoms with E-state index in [0.717, 1.165) is 29.1 Å². The van der Waals surface area contributed by atoms with Crippen LogP contribution in [-0.2, 0) is 0 Å². The lowest BCUT2D eigenvalue weighted by Gasteiger charge is -2.26. The van der Waals surface area contributed by atoms with E-state index < -0.39 is 0 Å². The molecule has 3 rings (SSSR count). The highest BCUT2D eigenvalue weighted by molar-refractivity contribution is 9.10. The van der Waals surface area contributed by atoms with Crippen molar-refractivity contribution in [2.45, 2.75) is 25.7 Å². The summed E-state index contributed by atoms with van der Waals surface area (Å²) in [7, 11) is 0. The Labute approximate surface area is 110 Å². The van der Waals surface area contributed by atoms with E-state index >= 15 is 0 Å². The Hall–Kier alpha value is -0.740. The first kappa shape index (κ1) is 11.4. The quantitative estimate of drug-likeness (QED) is 0.864. The lowest BCUT2D eigenvalue weighted by molar-refractivity contribution is 0.172. The van der Waals surface area contributed by atoms with E-state index in [4.69, 9.17) is 9.47 Å². The molecule has 0 spiro atoms. The Balaban J connectivity index is 2.07. The molecule has 1 saturated heterocycles. The van der Waals surface area contributed by atoms with E-state index in [2.05, 4.69) is 28.2 Å². The van der Waals surface area contributed by atoms with Crippen molar-refractivity contribution in [3.8, 4) is 11.5 Å². The first-order valence-electron chi connectivity index (χ1n) is 6.06. The molecule has 1 aromatic carbocycles. The minimum Gasteiger partial charge on any atom is -0.454 e. The molecular weight excluding hydrogens is 282 g/mol. The number of nitrogens with one attached hydrogen (secondary N) is 1. The molecule has 1 fully saturated rings. The second-order valence-corrected chi connectivity index (χ2v) is 5.53. The van der Waals surface area contributed by atoms with Crippen molar-refractivity contribution in [1.82, 2.24) is 5.32 Å². The lowest BCUT2D eigenvalue weighted by Crippen LogP contribution is -2.29. The van der Waals surface area contributed by atoms with Gasteiger partial charge in [0.2, 0.25) is 6.79 Å². The molecule has 0 radical (unpaired) electrons. The fourth-order valence-electron chi connectivity index (χ4n) is 2.72. The van der Waals surface area contributed by atoms with Crippen LogP contribution in [0.15, 0.2) is 10.5 Å². The van der Waals surface area contributed by atoms with Gasteiger partial charge < -0.3 is 14.8 Å². The molecule has 0 saturated carbocycles. The van der Waals surface area contributed by atoms with Crippen molar-refractivity contribution >= 4 is 15.9 Å². The molecule has 2 aliphatic rings. The molecule has 17 heavy (non-hydrogen) atoms. The average Bonchev–Trinajstić information content (AvgIpc) is 2.79. The van der Waals surface area contributed by atoms with Gasteiger partial charge in [-0.1, -0.05) is 15.9 Å². The molecular formula is C13H16BrNO2. The summed E-state index contributed by atoms with van der Waals surface area (Å²) in [6.45, 7) is 4.66. The molecule has 92 valence electrons. The maximum Gasteiger partial charge on any atom is 0.231 e. The zero-order valence-electron chi connectivity index (χ0n) is 9.88. The van der Waals surface area contributed by atoms with Crippen LogP contribution in [0, 0.1) is 6.92 Å². The molecule has 0 bridgehead atoms. The Morgan fingerprint density at radius 1 is 1.41 bits per heavy atom. The van der Waals surface area contributed by atoms with Crippen LogP contribution in [0.1, 0.15) is 29.9 Å². The zero-order valence-corrected chi connectivity index (χ0v) is 11.5. The van der Waals surface area contributed by atoms with E-state index in [-0.39, 0.29) is 0 Å². The molecule has 1 N–H and O–H groups in total. The first-order chi connectivity index (χ1) is 8.27. The number of piperidine rings is 1. The summed E-state index contributed by atoms with van der Waals surface area (Å²) in [5.41, 5.74) is 2.60. The van der Waals surface area contributed by atoms with Gasteiger partial charge in [-0.15, -0.1) is 0 Å². The summed E-state index contributed by atoms with van der Waals surface area (Å²) in [6, 6.07) is 2.01. The summed E-state index contributed by atoms with van der Waals surface area (Å²) < 4.78 is 12.3. The van der Waals surface area contributed by atoms with Crippen LogP contribution in [0.5, 0.6) is 11.5 Å². The third-order valence-electron chi connectivity index (χ3n) is 3.61. The zero-order chi connectivity index (χ0) is 11.8. The largest absolute Gasteiger partial charge is 0.454 e. The van der Waals surface area contributed by atoms with E-state index in [0.29, 0.717) is 12.7 Å². The molecule has 0 amide bonds. The topological polar surface area (TPSA) is 30.5 Å². The number of ether oxygens (including phenoxy) is 2. The van der Waals surface area contributed by atoms with E-state index in [9.17, 15) is 0 Å². The summed E-state index contributed by atoms with van der Waals surface area (Å²) in [5, 5.41) is 3.46. The van der Waals surface area contributed by atoms with Gasteiger partial charge in [0.05, 0.1) is 0 Å². The van der Waals surface area contributed by atoms with Gasteiger partial charge in [-0.25, -0.2) is 0 Å². The highest BCUT2D eigenvalue weighted by atomic mass is 79.9. The van der Waals surface area contributed by atoms with Crippen LogP contribution in [0.4, 0.5) is 0 Å². The fourth-order valence-corrected chi connectivity index (χ4v) is 3.14. The molecule has 0 aromatic heterocycles. The molecule has 1 aromatic rings. The average molecular weight is 298 g/mol. The SMILES string of the molecule is Cc1c(Br)cc2c(c1C1CCCNC1)OCO2. The van der Waals surface area contributed by atoms with Crippen LogP contribution >= 0.6 is 15.9 Å². The van der Waals surface area contributed by atoms with Gasteiger partial charge in [0.25, 0.3) is 0 Å². The van der Waals surface area contributed by atoms with Gasteiger partial charge in [-0.3, -0.25) is 0 Å². The van der Waals surface area contributed by atoms with Gasteiger partial charge in [-0.05, 0) is 37.9 Å². The summed E-state index contributed by atoms with van der Waals surface area (Å²) in [6.07, 6.45) is 2.45. The van der Waals surface area contributed by atoms with E-state index in [1.807, 2.05) is 6.07 Å². The highest BCUT2D eigenvalue weighted by Crippen LogP contribution is 2.45. The van der Waals surface area contributed by atoms with Gasteiger partial charge in [0.1, 0.15) is 0 Å². The van der Waals surface area contributed by atoms with Crippen LogP contribution in [0.3, 0.4) is 0 Å². The van der Waals surface area contributed by atoms with Crippen LogP contribution in [0.25, 0.3) is 0 Å². The van der Waals surface area contributed by atoms with Crippen LogP contribution < -0.4 is 14.8 Å². The molecule has 1 unspecified atom stereocenters. The molecule has 4 heteroatoms.